The number of carbonyl (C=O) groups excluding carboxylic acids is 1. The minimum atomic E-state index is -0.440. The Morgan fingerprint density at radius 2 is 1.89 bits per heavy atom. The molecule has 0 spiro atoms. The lowest BCUT2D eigenvalue weighted by atomic mass is 9.81. The van der Waals surface area contributed by atoms with Crippen LogP contribution < -0.4 is 9.47 Å². The molecule has 0 radical (unpaired) electrons. The van der Waals surface area contributed by atoms with Crippen molar-refractivity contribution in [3.63, 3.8) is 0 Å². The molecule has 1 fully saturated rings. The van der Waals surface area contributed by atoms with Crippen LogP contribution in [0.15, 0.2) is 42.0 Å². The van der Waals surface area contributed by atoms with E-state index in [1.165, 1.54) is 30.4 Å². The summed E-state index contributed by atoms with van der Waals surface area (Å²) in [5.74, 6) is 3.95. The maximum absolute atomic E-state index is 13.2. The van der Waals surface area contributed by atoms with E-state index in [2.05, 4.69) is 54.7 Å². The van der Waals surface area contributed by atoms with E-state index in [0.717, 1.165) is 67.1 Å². The highest BCUT2D eigenvalue weighted by molar-refractivity contribution is 5.87. The van der Waals surface area contributed by atoms with Crippen molar-refractivity contribution >= 4 is 11.5 Å². The molecule has 0 aromatic heterocycles. The van der Waals surface area contributed by atoms with Crippen molar-refractivity contribution in [3.8, 4) is 35.0 Å². The molecule has 0 saturated carbocycles. The van der Waals surface area contributed by atoms with E-state index in [1.807, 2.05) is 18.2 Å². The van der Waals surface area contributed by atoms with Gasteiger partial charge in [-0.15, -0.1) is 6.42 Å². The Hall–Kier alpha value is -3.07. The van der Waals surface area contributed by atoms with Crippen LogP contribution in [-0.4, -0.2) is 60.6 Å². The fraction of sp³-hybridized carbons (Fsp3) is 0.469. The van der Waals surface area contributed by atoms with Gasteiger partial charge >= 0.3 is 5.97 Å². The van der Waals surface area contributed by atoms with Gasteiger partial charge in [0.2, 0.25) is 0 Å². The van der Waals surface area contributed by atoms with E-state index >= 15 is 0 Å². The van der Waals surface area contributed by atoms with Gasteiger partial charge in [0.1, 0.15) is 17.1 Å². The number of terminal acetylenes is 1. The number of nitrogens with zero attached hydrogens (tertiary/aromatic N) is 2. The fourth-order valence-electron chi connectivity index (χ4n) is 6.02. The molecule has 5 rings (SSSR count). The zero-order chi connectivity index (χ0) is 26.0. The SMILES string of the molecule is C#CCN1CCC2=C(C1)c1c(OC(=O)CCN3CCCCC3)cc(-c3ccccc3C)cc1OC2(C)C. The van der Waals surface area contributed by atoms with Gasteiger partial charge in [0, 0.05) is 19.6 Å². The highest BCUT2D eigenvalue weighted by Crippen LogP contribution is 2.49. The van der Waals surface area contributed by atoms with Crippen molar-refractivity contribution in [1.82, 2.24) is 9.80 Å². The van der Waals surface area contributed by atoms with Gasteiger partial charge in [-0.25, -0.2) is 0 Å². The first-order valence-corrected chi connectivity index (χ1v) is 13.6. The lowest BCUT2D eigenvalue weighted by Gasteiger charge is -2.42. The third kappa shape index (κ3) is 5.46. The smallest absolute Gasteiger partial charge is 0.312 e. The van der Waals surface area contributed by atoms with Gasteiger partial charge in [-0.05, 0) is 93.1 Å². The van der Waals surface area contributed by atoms with Crippen LogP contribution >= 0.6 is 0 Å². The van der Waals surface area contributed by atoms with Gasteiger partial charge in [0.15, 0.2) is 0 Å². The first-order chi connectivity index (χ1) is 17.9. The molecule has 0 bridgehead atoms. The lowest BCUT2D eigenvalue weighted by molar-refractivity contribution is -0.134. The second-order valence-corrected chi connectivity index (χ2v) is 11.0. The average Bonchev–Trinajstić information content (AvgIpc) is 2.88. The maximum Gasteiger partial charge on any atom is 0.312 e. The third-order valence-electron chi connectivity index (χ3n) is 7.96. The predicted molar refractivity (Wildman–Crippen MR) is 149 cm³/mol. The molecule has 3 heterocycles. The second kappa shape index (κ2) is 10.7. The van der Waals surface area contributed by atoms with Crippen molar-refractivity contribution in [2.24, 2.45) is 0 Å². The number of hydrogen-bond acceptors (Lipinski definition) is 5. The van der Waals surface area contributed by atoms with Gasteiger partial charge < -0.3 is 14.4 Å². The molecular weight excluding hydrogens is 460 g/mol. The van der Waals surface area contributed by atoms with Crippen LogP contribution in [0.3, 0.4) is 0 Å². The van der Waals surface area contributed by atoms with Gasteiger partial charge in [-0.2, -0.15) is 0 Å². The third-order valence-corrected chi connectivity index (χ3v) is 7.96. The summed E-state index contributed by atoms with van der Waals surface area (Å²) in [4.78, 5) is 17.8. The number of benzene rings is 2. The van der Waals surface area contributed by atoms with Crippen molar-refractivity contribution < 1.29 is 14.3 Å². The Kier molecular flexibility index (Phi) is 7.42. The van der Waals surface area contributed by atoms with Gasteiger partial charge in [0.05, 0.1) is 18.5 Å². The molecule has 3 aliphatic rings. The Balaban J connectivity index is 1.54. The predicted octanol–water partition coefficient (Wildman–Crippen LogP) is 5.71. The number of rotatable bonds is 6. The number of carbonyl (C=O) groups is 1. The molecule has 3 aliphatic heterocycles. The molecule has 0 atom stereocenters. The summed E-state index contributed by atoms with van der Waals surface area (Å²) in [6.07, 6.45) is 10.6. The minimum Gasteiger partial charge on any atom is -0.483 e. The summed E-state index contributed by atoms with van der Waals surface area (Å²) in [6, 6.07) is 12.4. The highest BCUT2D eigenvalue weighted by atomic mass is 16.5. The number of aryl methyl sites for hydroxylation is 1. The highest BCUT2D eigenvalue weighted by Gasteiger charge is 2.39. The molecule has 0 aliphatic carbocycles. The molecular formula is C32H38N2O3. The molecule has 2 aromatic carbocycles. The molecule has 2 aromatic rings. The number of fused-ring (bicyclic) bond motifs is 2. The Morgan fingerprint density at radius 3 is 2.65 bits per heavy atom. The molecule has 5 heteroatoms. The first kappa shape index (κ1) is 25.6. The van der Waals surface area contributed by atoms with Crippen LogP contribution in [0.5, 0.6) is 11.5 Å². The molecule has 0 N–H and O–H groups in total. The summed E-state index contributed by atoms with van der Waals surface area (Å²) in [6.45, 7) is 11.5. The zero-order valence-electron chi connectivity index (χ0n) is 22.4. The van der Waals surface area contributed by atoms with E-state index in [4.69, 9.17) is 15.9 Å². The second-order valence-electron chi connectivity index (χ2n) is 11.0. The lowest BCUT2D eigenvalue weighted by Crippen LogP contribution is -2.42. The topological polar surface area (TPSA) is 42.0 Å². The molecule has 1 saturated heterocycles. The van der Waals surface area contributed by atoms with Gasteiger partial charge in [0.25, 0.3) is 0 Å². The van der Waals surface area contributed by atoms with Crippen molar-refractivity contribution in [2.45, 2.75) is 58.5 Å². The largest absolute Gasteiger partial charge is 0.483 e. The first-order valence-electron chi connectivity index (χ1n) is 13.6. The van der Waals surface area contributed by atoms with Gasteiger partial charge in [-0.3, -0.25) is 9.69 Å². The molecule has 37 heavy (non-hydrogen) atoms. The van der Waals surface area contributed by atoms with E-state index < -0.39 is 5.60 Å². The summed E-state index contributed by atoms with van der Waals surface area (Å²) < 4.78 is 12.8. The van der Waals surface area contributed by atoms with Crippen LogP contribution in [-0.2, 0) is 4.79 Å². The van der Waals surface area contributed by atoms with E-state index in [0.29, 0.717) is 18.7 Å². The Labute approximate surface area is 221 Å². The summed E-state index contributed by atoms with van der Waals surface area (Å²) in [7, 11) is 0. The van der Waals surface area contributed by atoms with Crippen molar-refractivity contribution in [2.75, 3.05) is 39.3 Å². The summed E-state index contributed by atoms with van der Waals surface area (Å²) in [5.41, 5.74) is 6.18. The Morgan fingerprint density at radius 1 is 1.11 bits per heavy atom. The van der Waals surface area contributed by atoms with Gasteiger partial charge in [-0.1, -0.05) is 36.6 Å². The number of likely N-dealkylation sites (tertiary alicyclic amines) is 1. The number of esters is 1. The van der Waals surface area contributed by atoms with Crippen molar-refractivity contribution in [3.05, 3.63) is 53.1 Å². The van der Waals surface area contributed by atoms with Crippen LogP contribution in [0.25, 0.3) is 16.7 Å². The molecule has 0 unspecified atom stereocenters. The Bertz CT molecular complexity index is 1250. The quantitative estimate of drug-likeness (QED) is 0.290. The molecule has 5 nitrogen and oxygen atoms in total. The summed E-state index contributed by atoms with van der Waals surface area (Å²) in [5, 5.41) is 0. The van der Waals surface area contributed by atoms with E-state index in [-0.39, 0.29) is 5.97 Å². The minimum absolute atomic E-state index is 0.196. The van der Waals surface area contributed by atoms with E-state index in [1.54, 1.807) is 0 Å². The van der Waals surface area contributed by atoms with Crippen LogP contribution in [0.1, 0.15) is 57.1 Å². The monoisotopic (exact) mass is 498 g/mol. The number of hydrogen-bond donors (Lipinski definition) is 0. The average molecular weight is 499 g/mol. The number of ether oxygens (including phenoxy) is 2. The van der Waals surface area contributed by atoms with Crippen molar-refractivity contribution in [1.29, 1.82) is 0 Å². The van der Waals surface area contributed by atoms with Crippen LogP contribution in [0.2, 0.25) is 0 Å². The number of piperidine rings is 1. The maximum atomic E-state index is 13.2. The fourth-order valence-corrected chi connectivity index (χ4v) is 6.02. The van der Waals surface area contributed by atoms with E-state index in [9.17, 15) is 4.79 Å². The van der Waals surface area contributed by atoms with Crippen LogP contribution in [0.4, 0.5) is 0 Å². The molecule has 194 valence electrons. The molecule has 0 amide bonds. The zero-order valence-corrected chi connectivity index (χ0v) is 22.4. The van der Waals surface area contributed by atoms with Crippen LogP contribution in [0, 0.1) is 19.3 Å². The standard InChI is InChI=1S/C32H38N2O3/c1-5-15-34-18-13-27-26(22-34)31-28(36-30(35)14-19-33-16-9-6-10-17-33)20-24(21-29(31)37-32(27,3)4)25-12-8-7-11-23(25)2/h1,7-8,11-12,20-21H,6,9-10,13-19,22H2,2-4H3. The normalized spacial score (nSPS) is 19.4. The summed E-state index contributed by atoms with van der Waals surface area (Å²) >= 11 is 0.